The molecule has 10 nitrogen and oxygen atoms in total. The van der Waals surface area contributed by atoms with Crippen LogP contribution < -0.4 is 14.8 Å². The third-order valence-electron chi connectivity index (χ3n) is 7.00. The molecule has 12 heteroatoms. The fourth-order valence-electron chi connectivity index (χ4n) is 4.80. The third kappa shape index (κ3) is 5.67. The molecule has 3 heterocycles. The number of hydrogen-bond donors (Lipinski definition) is 1. The predicted octanol–water partition coefficient (Wildman–Crippen LogP) is 4.96. The van der Waals surface area contributed by atoms with E-state index in [1.54, 1.807) is 31.2 Å². The number of nitrogens with zero attached hydrogens (tertiary/aromatic N) is 4. The molecular formula is C29H29N5O5S2. The highest BCUT2D eigenvalue weighted by Crippen LogP contribution is 2.37. The minimum atomic E-state index is -3.54. The maximum Gasteiger partial charge on any atom is 0.243 e. The smallest absolute Gasteiger partial charge is 0.243 e. The quantitative estimate of drug-likeness (QED) is 0.286. The highest BCUT2D eigenvalue weighted by Gasteiger charge is 2.27. The number of carbonyl (C=O) groups is 1. The molecule has 212 valence electrons. The minimum absolute atomic E-state index is 0.175. The Morgan fingerprint density at radius 1 is 0.927 bits per heavy atom. The Hall–Kier alpha value is -3.87. The van der Waals surface area contributed by atoms with Crippen molar-refractivity contribution in [2.24, 2.45) is 0 Å². The topological polar surface area (TPSA) is 116 Å². The van der Waals surface area contributed by atoms with Crippen molar-refractivity contribution in [2.75, 3.05) is 25.2 Å². The van der Waals surface area contributed by atoms with Crippen LogP contribution in [0.25, 0.3) is 17.1 Å². The first-order valence-electron chi connectivity index (χ1n) is 13.4. The van der Waals surface area contributed by atoms with E-state index in [0.717, 1.165) is 30.5 Å². The average Bonchev–Trinajstić information content (AvgIpc) is 3.65. The molecule has 1 fully saturated rings. The van der Waals surface area contributed by atoms with Gasteiger partial charge in [0, 0.05) is 30.0 Å². The lowest BCUT2D eigenvalue weighted by molar-refractivity contribution is -0.115. The summed E-state index contributed by atoms with van der Waals surface area (Å²) in [6.45, 7) is 3.05. The largest absolute Gasteiger partial charge is 0.454 e. The van der Waals surface area contributed by atoms with Gasteiger partial charge >= 0.3 is 0 Å². The van der Waals surface area contributed by atoms with E-state index in [-0.39, 0.29) is 17.6 Å². The molecule has 2 aliphatic rings. The van der Waals surface area contributed by atoms with Crippen molar-refractivity contribution in [1.82, 2.24) is 19.1 Å². The first-order chi connectivity index (χ1) is 19.9. The van der Waals surface area contributed by atoms with Crippen LogP contribution in [0.5, 0.6) is 11.5 Å². The van der Waals surface area contributed by atoms with Crippen molar-refractivity contribution in [1.29, 1.82) is 0 Å². The second kappa shape index (κ2) is 11.6. The molecule has 2 aliphatic heterocycles. The summed E-state index contributed by atoms with van der Waals surface area (Å²) in [5, 5.41) is 11.8. The number of sulfonamides is 1. The summed E-state index contributed by atoms with van der Waals surface area (Å²) in [5.41, 5.74) is 2.17. The van der Waals surface area contributed by atoms with Gasteiger partial charge < -0.3 is 14.8 Å². The Kier molecular flexibility index (Phi) is 7.69. The summed E-state index contributed by atoms with van der Waals surface area (Å²) in [7, 11) is -3.54. The van der Waals surface area contributed by atoms with Crippen LogP contribution in [0.1, 0.15) is 26.2 Å². The van der Waals surface area contributed by atoms with Crippen LogP contribution in [0.3, 0.4) is 0 Å². The molecule has 4 aromatic rings. The maximum absolute atomic E-state index is 13.2. The number of piperidine rings is 1. The van der Waals surface area contributed by atoms with Crippen LogP contribution >= 0.6 is 11.8 Å². The van der Waals surface area contributed by atoms with Crippen molar-refractivity contribution in [3.8, 4) is 28.6 Å². The Labute approximate surface area is 242 Å². The molecule has 41 heavy (non-hydrogen) atoms. The number of rotatable bonds is 8. The Morgan fingerprint density at radius 2 is 1.66 bits per heavy atom. The van der Waals surface area contributed by atoms with Gasteiger partial charge in [-0.15, -0.1) is 10.2 Å². The molecule has 1 atom stereocenters. The van der Waals surface area contributed by atoms with Crippen LogP contribution in [0, 0.1) is 0 Å². The van der Waals surface area contributed by atoms with E-state index in [2.05, 4.69) is 15.5 Å². The molecule has 3 aromatic carbocycles. The number of hydrogen-bond acceptors (Lipinski definition) is 8. The highest BCUT2D eigenvalue weighted by molar-refractivity contribution is 8.00. The molecule has 0 unspecified atom stereocenters. The molecule has 0 aliphatic carbocycles. The number of aromatic nitrogens is 3. The predicted molar refractivity (Wildman–Crippen MR) is 156 cm³/mol. The van der Waals surface area contributed by atoms with E-state index in [0.29, 0.717) is 41.3 Å². The Morgan fingerprint density at radius 3 is 2.41 bits per heavy atom. The normalized spacial score (nSPS) is 15.9. The number of carbonyl (C=O) groups excluding carboxylic acids is 1. The number of ether oxygens (including phenoxy) is 2. The molecule has 0 spiro atoms. The molecule has 1 saturated heterocycles. The summed E-state index contributed by atoms with van der Waals surface area (Å²) in [6, 6.07) is 21.6. The first-order valence-corrected chi connectivity index (χ1v) is 15.7. The van der Waals surface area contributed by atoms with E-state index >= 15 is 0 Å². The van der Waals surface area contributed by atoms with Crippen molar-refractivity contribution in [2.45, 2.75) is 41.5 Å². The summed E-state index contributed by atoms with van der Waals surface area (Å²) < 4.78 is 40.3. The highest BCUT2D eigenvalue weighted by atomic mass is 32.2. The summed E-state index contributed by atoms with van der Waals surface area (Å²) >= 11 is 1.28. The summed E-state index contributed by atoms with van der Waals surface area (Å²) in [4.78, 5) is 13.4. The van der Waals surface area contributed by atoms with Gasteiger partial charge in [0.05, 0.1) is 10.1 Å². The number of fused-ring (bicyclic) bond motifs is 1. The third-order valence-corrected chi connectivity index (χ3v) is 9.96. The zero-order valence-electron chi connectivity index (χ0n) is 22.4. The minimum Gasteiger partial charge on any atom is -0.454 e. The number of benzene rings is 3. The summed E-state index contributed by atoms with van der Waals surface area (Å²) in [6.07, 6.45) is 2.80. The zero-order chi connectivity index (χ0) is 28.4. The van der Waals surface area contributed by atoms with Gasteiger partial charge in [-0.25, -0.2) is 8.42 Å². The average molecular weight is 592 g/mol. The number of thioether (sulfide) groups is 1. The molecule has 1 aromatic heterocycles. The van der Waals surface area contributed by atoms with Gasteiger partial charge in [-0.05, 0) is 74.4 Å². The van der Waals surface area contributed by atoms with Gasteiger partial charge in [0.15, 0.2) is 22.5 Å². The van der Waals surface area contributed by atoms with Gasteiger partial charge in [0.1, 0.15) is 0 Å². The number of anilines is 1. The molecule has 0 saturated carbocycles. The number of amides is 1. The Bertz CT molecular complexity index is 1650. The van der Waals surface area contributed by atoms with Gasteiger partial charge in [-0.1, -0.05) is 36.4 Å². The second-order valence-corrected chi connectivity index (χ2v) is 13.0. The summed E-state index contributed by atoms with van der Waals surface area (Å²) in [5.74, 6) is 1.68. The van der Waals surface area contributed by atoms with Crippen LogP contribution in [-0.4, -0.2) is 58.5 Å². The first kappa shape index (κ1) is 27.3. The number of para-hydroxylation sites is 1. The van der Waals surface area contributed by atoms with Gasteiger partial charge in [0.25, 0.3) is 0 Å². The SMILES string of the molecule is C[C@@H](Sc1nnc(-c2ccc3c(c2)OCO3)n1-c1ccccc1)C(=O)Nc1ccc(S(=O)(=O)N2CCCCC2)cc1. The van der Waals surface area contributed by atoms with E-state index in [9.17, 15) is 13.2 Å². The second-order valence-electron chi connectivity index (χ2n) is 9.78. The molecule has 1 amide bonds. The van der Waals surface area contributed by atoms with Crippen molar-refractivity contribution in [3.63, 3.8) is 0 Å². The fraction of sp³-hybridized carbons (Fsp3) is 0.276. The van der Waals surface area contributed by atoms with Crippen LogP contribution in [-0.2, 0) is 14.8 Å². The lowest BCUT2D eigenvalue weighted by Crippen LogP contribution is -2.35. The molecule has 0 radical (unpaired) electrons. The van der Waals surface area contributed by atoms with E-state index in [1.165, 1.54) is 16.1 Å². The standard InChI is InChI=1S/C29H29N5O5S2/c1-20(28(35)30-22-11-13-24(14-12-22)41(36,37)33-16-6-3-7-17-33)40-29-32-31-27(34(29)23-8-4-2-5-9-23)21-10-15-25-26(18-21)39-19-38-25/h2,4-5,8-15,18,20H,3,6-7,16-17,19H2,1H3,(H,30,35)/t20-/m1/s1. The zero-order valence-corrected chi connectivity index (χ0v) is 24.0. The van der Waals surface area contributed by atoms with Crippen molar-refractivity contribution >= 4 is 33.4 Å². The fourth-order valence-corrected chi connectivity index (χ4v) is 7.18. The monoisotopic (exact) mass is 591 g/mol. The van der Waals surface area contributed by atoms with E-state index < -0.39 is 15.3 Å². The van der Waals surface area contributed by atoms with Crippen molar-refractivity contribution in [3.05, 3.63) is 72.8 Å². The van der Waals surface area contributed by atoms with Gasteiger partial charge in [-0.2, -0.15) is 4.31 Å². The van der Waals surface area contributed by atoms with Crippen molar-refractivity contribution < 1.29 is 22.7 Å². The van der Waals surface area contributed by atoms with Crippen LogP contribution in [0.15, 0.2) is 82.8 Å². The molecular weight excluding hydrogens is 562 g/mol. The maximum atomic E-state index is 13.2. The van der Waals surface area contributed by atoms with Crippen LogP contribution in [0.2, 0.25) is 0 Å². The lowest BCUT2D eigenvalue weighted by Gasteiger charge is -2.25. The van der Waals surface area contributed by atoms with E-state index in [1.807, 2.05) is 53.1 Å². The van der Waals surface area contributed by atoms with Crippen LogP contribution in [0.4, 0.5) is 5.69 Å². The van der Waals surface area contributed by atoms with Gasteiger partial charge in [0.2, 0.25) is 22.7 Å². The molecule has 0 bridgehead atoms. The lowest BCUT2D eigenvalue weighted by atomic mass is 10.2. The van der Waals surface area contributed by atoms with E-state index in [4.69, 9.17) is 9.47 Å². The Balaban J connectivity index is 1.19. The molecule has 6 rings (SSSR count). The van der Waals surface area contributed by atoms with Gasteiger partial charge in [-0.3, -0.25) is 9.36 Å². The number of nitrogens with one attached hydrogen (secondary N) is 1. The molecule has 1 N–H and O–H groups in total.